The molecule has 0 aromatic carbocycles. The van der Waals surface area contributed by atoms with E-state index in [0.29, 0.717) is 0 Å². The van der Waals surface area contributed by atoms with Crippen LogP contribution < -0.4 is 17.0 Å². The Morgan fingerprint density at radius 2 is 2.22 bits per heavy atom. The van der Waals surface area contributed by atoms with Crippen LogP contribution in [0.3, 0.4) is 0 Å². The molecule has 0 aliphatic heterocycles. The summed E-state index contributed by atoms with van der Waals surface area (Å²) in [6, 6.07) is -0.380. The second-order valence-electron chi connectivity index (χ2n) is 5.14. The van der Waals surface area contributed by atoms with E-state index in [4.69, 9.17) is 16.6 Å². The lowest BCUT2D eigenvalue weighted by Crippen LogP contribution is -2.44. The van der Waals surface area contributed by atoms with Gasteiger partial charge in [-0.15, -0.1) is 0 Å². The highest BCUT2D eigenvalue weighted by Crippen LogP contribution is 2.07. The minimum atomic E-state index is -1.15. The summed E-state index contributed by atoms with van der Waals surface area (Å²) in [6.07, 6.45) is 1.27. The number of aromatic nitrogens is 4. The maximum absolute atomic E-state index is 12.3. The van der Waals surface area contributed by atoms with E-state index in [9.17, 15) is 14.4 Å². The second kappa shape index (κ2) is 6.44. The number of hydrogen-bond donors (Lipinski definition) is 4. The number of nitrogens with two attached hydrogens (primary N) is 2. The molecule has 0 spiro atoms. The van der Waals surface area contributed by atoms with Crippen molar-refractivity contribution in [3.63, 3.8) is 0 Å². The number of nitrogens with one attached hydrogen (secondary N) is 1. The highest BCUT2D eigenvalue weighted by molar-refractivity contribution is 5.82. The Morgan fingerprint density at radius 3 is 2.83 bits per heavy atom. The highest BCUT2D eigenvalue weighted by Gasteiger charge is 2.20. The van der Waals surface area contributed by atoms with Crippen LogP contribution in [0.25, 0.3) is 11.2 Å². The van der Waals surface area contributed by atoms with E-state index >= 15 is 0 Å². The van der Waals surface area contributed by atoms with Gasteiger partial charge in [-0.1, -0.05) is 0 Å². The molecule has 0 saturated heterocycles. The number of H-pyrrole nitrogens is 1. The molecular weight excluding hydrogens is 306 g/mol. The summed E-state index contributed by atoms with van der Waals surface area (Å²) < 4.78 is 1.33. The molecule has 0 aliphatic carbocycles. The SMILES string of the molecule is C[C@H](N)CN(CC(=O)O)C(=O)Cn1cnc2c(=O)[nH]c(N)nc21. The predicted octanol–water partition coefficient (Wildman–Crippen LogP) is -2.04. The summed E-state index contributed by atoms with van der Waals surface area (Å²) in [5.41, 5.74) is 10.8. The number of aliphatic carboxylic acids is 1. The number of carbonyl (C=O) groups excluding carboxylic acids is 1. The molecule has 1 atom stereocenters. The van der Waals surface area contributed by atoms with E-state index in [-0.39, 0.29) is 36.2 Å². The number of fused-ring (bicyclic) bond motifs is 1. The zero-order valence-corrected chi connectivity index (χ0v) is 12.4. The Bertz CT molecular complexity index is 794. The molecule has 1 amide bonds. The Balaban J connectivity index is 2.27. The monoisotopic (exact) mass is 323 g/mol. The van der Waals surface area contributed by atoms with Gasteiger partial charge in [-0.05, 0) is 6.92 Å². The molecule has 0 saturated carbocycles. The maximum atomic E-state index is 12.3. The highest BCUT2D eigenvalue weighted by atomic mass is 16.4. The summed E-state index contributed by atoms with van der Waals surface area (Å²) in [4.78, 5) is 46.1. The van der Waals surface area contributed by atoms with Crippen molar-refractivity contribution in [1.82, 2.24) is 24.4 Å². The maximum Gasteiger partial charge on any atom is 0.323 e. The third-order valence-electron chi connectivity index (χ3n) is 2.99. The largest absolute Gasteiger partial charge is 0.480 e. The molecule has 2 aromatic rings. The normalized spacial score (nSPS) is 12.3. The summed E-state index contributed by atoms with van der Waals surface area (Å²) in [7, 11) is 0. The Hall–Kier alpha value is -2.95. The Kier molecular flexibility index (Phi) is 4.60. The van der Waals surface area contributed by atoms with Crippen LogP contribution >= 0.6 is 0 Å². The van der Waals surface area contributed by atoms with Crippen LogP contribution in [0, 0.1) is 0 Å². The van der Waals surface area contributed by atoms with Crippen molar-refractivity contribution in [1.29, 1.82) is 0 Å². The van der Waals surface area contributed by atoms with E-state index in [1.165, 1.54) is 10.9 Å². The fourth-order valence-electron chi connectivity index (χ4n) is 2.10. The molecule has 2 heterocycles. The molecule has 11 nitrogen and oxygen atoms in total. The van der Waals surface area contributed by atoms with Crippen LogP contribution in [0.4, 0.5) is 5.95 Å². The Labute approximate surface area is 129 Å². The van der Waals surface area contributed by atoms with Gasteiger partial charge in [0, 0.05) is 12.6 Å². The van der Waals surface area contributed by atoms with Crippen LogP contribution in [-0.4, -0.2) is 60.5 Å². The molecule has 0 bridgehead atoms. The molecule has 0 fully saturated rings. The lowest BCUT2D eigenvalue weighted by molar-refractivity contribution is -0.144. The summed E-state index contributed by atoms with van der Waals surface area (Å²) in [5.74, 6) is -1.73. The van der Waals surface area contributed by atoms with Crippen molar-refractivity contribution in [2.75, 3.05) is 18.8 Å². The van der Waals surface area contributed by atoms with Crippen molar-refractivity contribution < 1.29 is 14.7 Å². The van der Waals surface area contributed by atoms with Gasteiger partial charge in [-0.25, -0.2) is 4.98 Å². The number of aromatic amines is 1. The molecular formula is C12H17N7O4. The van der Waals surface area contributed by atoms with E-state index < -0.39 is 24.0 Å². The molecule has 23 heavy (non-hydrogen) atoms. The molecule has 2 rings (SSSR count). The molecule has 2 aromatic heterocycles. The van der Waals surface area contributed by atoms with Crippen molar-refractivity contribution in [3.8, 4) is 0 Å². The molecule has 124 valence electrons. The third-order valence-corrected chi connectivity index (χ3v) is 2.99. The minimum absolute atomic E-state index is 0.0453. The smallest absolute Gasteiger partial charge is 0.323 e. The zero-order chi connectivity index (χ0) is 17.1. The molecule has 6 N–H and O–H groups in total. The second-order valence-corrected chi connectivity index (χ2v) is 5.14. The van der Waals surface area contributed by atoms with E-state index in [2.05, 4.69) is 15.0 Å². The van der Waals surface area contributed by atoms with Crippen molar-refractivity contribution in [3.05, 3.63) is 16.7 Å². The van der Waals surface area contributed by atoms with E-state index in [0.717, 1.165) is 4.90 Å². The fraction of sp³-hybridized carbons (Fsp3) is 0.417. The number of carboxylic acids is 1. The molecule has 0 radical (unpaired) electrons. The van der Waals surface area contributed by atoms with Crippen LogP contribution in [0.2, 0.25) is 0 Å². The zero-order valence-electron chi connectivity index (χ0n) is 12.4. The Morgan fingerprint density at radius 1 is 1.52 bits per heavy atom. The fourth-order valence-corrected chi connectivity index (χ4v) is 2.10. The van der Waals surface area contributed by atoms with Crippen molar-refractivity contribution >= 4 is 29.0 Å². The summed E-state index contributed by atoms with van der Waals surface area (Å²) >= 11 is 0. The van der Waals surface area contributed by atoms with Crippen molar-refractivity contribution in [2.45, 2.75) is 19.5 Å². The summed E-state index contributed by atoms with van der Waals surface area (Å²) in [6.45, 7) is 1.06. The van der Waals surface area contributed by atoms with Crippen LogP contribution in [0.15, 0.2) is 11.1 Å². The van der Waals surface area contributed by atoms with Crippen LogP contribution in [-0.2, 0) is 16.1 Å². The van der Waals surface area contributed by atoms with Crippen molar-refractivity contribution in [2.24, 2.45) is 5.73 Å². The third kappa shape index (κ3) is 3.83. The number of rotatable bonds is 6. The number of amides is 1. The summed E-state index contributed by atoms with van der Waals surface area (Å²) in [5, 5.41) is 8.89. The van der Waals surface area contributed by atoms with Crippen LogP contribution in [0.5, 0.6) is 0 Å². The number of carboxylic acid groups (broad SMARTS) is 1. The van der Waals surface area contributed by atoms with Gasteiger partial charge in [0.05, 0.1) is 6.33 Å². The number of hydrogen-bond acceptors (Lipinski definition) is 7. The number of imidazole rings is 1. The first-order valence-electron chi connectivity index (χ1n) is 6.73. The molecule has 11 heteroatoms. The van der Waals surface area contributed by atoms with Gasteiger partial charge in [0.25, 0.3) is 5.56 Å². The van der Waals surface area contributed by atoms with E-state index in [1.54, 1.807) is 6.92 Å². The minimum Gasteiger partial charge on any atom is -0.480 e. The predicted molar refractivity (Wildman–Crippen MR) is 80.4 cm³/mol. The number of nitrogens with zero attached hydrogens (tertiary/aromatic N) is 4. The van der Waals surface area contributed by atoms with Gasteiger partial charge in [-0.3, -0.25) is 19.4 Å². The first-order chi connectivity index (χ1) is 10.8. The number of anilines is 1. The van der Waals surface area contributed by atoms with Gasteiger partial charge in [-0.2, -0.15) is 4.98 Å². The average Bonchev–Trinajstić information content (AvgIpc) is 2.80. The van der Waals surface area contributed by atoms with Gasteiger partial charge in [0.2, 0.25) is 11.9 Å². The quantitative estimate of drug-likeness (QED) is 0.470. The van der Waals surface area contributed by atoms with E-state index in [1.807, 2.05) is 0 Å². The van der Waals surface area contributed by atoms with Gasteiger partial charge < -0.3 is 26.0 Å². The molecule has 0 aliphatic rings. The standard InChI is InChI=1S/C12H17N7O4/c1-6(13)2-18(4-8(21)22)7(20)3-19-5-15-9-10(19)16-12(14)17-11(9)23/h5-6H,2-4,13H2,1H3,(H,21,22)(H3,14,16,17,23)/t6-/m0/s1. The topological polar surface area (TPSA) is 173 Å². The first kappa shape index (κ1) is 16.4. The first-order valence-corrected chi connectivity index (χ1v) is 6.73. The van der Waals surface area contributed by atoms with Gasteiger partial charge in [0.15, 0.2) is 11.2 Å². The lowest BCUT2D eigenvalue weighted by atomic mass is 10.3. The number of carbonyl (C=O) groups is 2. The molecule has 0 unspecified atom stereocenters. The lowest BCUT2D eigenvalue weighted by Gasteiger charge is -2.22. The van der Waals surface area contributed by atoms with Gasteiger partial charge in [0.1, 0.15) is 13.1 Å². The average molecular weight is 323 g/mol. The number of nitrogen functional groups attached to an aromatic ring is 1. The van der Waals surface area contributed by atoms with Crippen LogP contribution in [0.1, 0.15) is 6.92 Å². The van der Waals surface area contributed by atoms with Gasteiger partial charge >= 0.3 is 5.97 Å².